The topological polar surface area (TPSA) is 37.3 Å². The molecule has 3 heterocycles. The van der Waals surface area contributed by atoms with Gasteiger partial charge in [0, 0.05) is 37.3 Å². The van der Waals surface area contributed by atoms with Crippen molar-refractivity contribution in [2.75, 3.05) is 19.6 Å². The Labute approximate surface area is 156 Å². The van der Waals surface area contributed by atoms with Crippen LogP contribution in [0, 0.1) is 12.8 Å². The standard InChI is InChI=1S/C22H31N3O/c1-17-7-8-21-18(15-17)9-13-25(21)14-10-22(26)23-16-19-5-4-12-24-11-3-2-6-20(19)24/h7-9,13,15,19-20H,2-6,10-12,14,16H2,1H3,(H,23,26)/t19-,20+/m0/s1. The lowest BCUT2D eigenvalue weighted by molar-refractivity contribution is -0.121. The maximum atomic E-state index is 12.4. The number of rotatable bonds is 5. The number of carbonyl (C=O) groups excluding carboxylic acids is 1. The zero-order chi connectivity index (χ0) is 17.9. The Bertz CT molecular complexity index is 764. The molecule has 0 bridgehead atoms. The van der Waals surface area contributed by atoms with Crippen LogP contribution in [0.1, 0.15) is 44.1 Å². The van der Waals surface area contributed by atoms with Gasteiger partial charge in [-0.05, 0) is 75.2 Å². The zero-order valence-electron chi connectivity index (χ0n) is 15.9. The molecule has 4 heteroatoms. The fraction of sp³-hybridized carbons (Fsp3) is 0.591. The molecule has 0 saturated carbocycles. The van der Waals surface area contributed by atoms with Crippen molar-refractivity contribution < 1.29 is 4.79 Å². The summed E-state index contributed by atoms with van der Waals surface area (Å²) in [4.78, 5) is 15.1. The number of fused-ring (bicyclic) bond motifs is 2. The molecule has 2 aromatic rings. The third-order valence-electron chi connectivity index (χ3n) is 6.30. The van der Waals surface area contributed by atoms with E-state index in [2.05, 4.69) is 52.2 Å². The monoisotopic (exact) mass is 353 g/mol. The predicted molar refractivity (Wildman–Crippen MR) is 106 cm³/mol. The Morgan fingerprint density at radius 1 is 1.15 bits per heavy atom. The van der Waals surface area contributed by atoms with Gasteiger partial charge in [0.1, 0.15) is 0 Å². The van der Waals surface area contributed by atoms with Crippen LogP contribution in [0.4, 0.5) is 0 Å². The van der Waals surface area contributed by atoms with Gasteiger partial charge >= 0.3 is 0 Å². The highest BCUT2D eigenvalue weighted by Gasteiger charge is 2.32. The average molecular weight is 354 g/mol. The SMILES string of the molecule is Cc1ccc2c(ccn2CCC(=O)NC[C@@H]2CCCN3CCCC[C@H]23)c1. The molecule has 4 nitrogen and oxygen atoms in total. The lowest BCUT2D eigenvalue weighted by Crippen LogP contribution is -2.51. The molecule has 1 amide bonds. The molecule has 2 fully saturated rings. The Morgan fingerprint density at radius 2 is 2.04 bits per heavy atom. The maximum absolute atomic E-state index is 12.4. The van der Waals surface area contributed by atoms with Gasteiger partial charge in [0.2, 0.25) is 5.91 Å². The van der Waals surface area contributed by atoms with Crippen molar-refractivity contribution >= 4 is 16.8 Å². The Morgan fingerprint density at radius 3 is 2.96 bits per heavy atom. The molecule has 2 aliphatic heterocycles. The quantitative estimate of drug-likeness (QED) is 0.889. The minimum Gasteiger partial charge on any atom is -0.356 e. The number of nitrogens with one attached hydrogen (secondary N) is 1. The minimum absolute atomic E-state index is 0.187. The van der Waals surface area contributed by atoms with Crippen molar-refractivity contribution in [1.29, 1.82) is 0 Å². The largest absolute Gasteiger partial charge is 0.356 e. The number of nitrogens with zero attached hydrogens (tertiary/aromatic N) is 2. The van der Waals surface area contributed by atoms with Gasteiger partial charge in [-0.3, -0.25) is 4.79 Å². The third-order valence-corrected chi connectivity index (χ3v) is 6.30. The van der Waals surface area contributed by atoms with Crippen LogP contribution in [-0.2, 0) is 11.3 Å². The number of aryl methyl sites for hydroxylation is 2. The minimum atomic E-state index is 0.187. The van der Waals surface area contributed by atoms with Gasteiger partial charge < -0.3 is 14.8 Å². The number of piperidine rings is 2. The molecular formula is C22H31N3O. The van der Waals surface area contributed by atoms with E-state index in [1.165, 1.54) is 61.7 Å². The van der Waals surface area contributed by atoms with Crippen LogP contribution in [-0.4, -0.2) is 41.1 Å². The average Bonchev–Trinajstić information content (AvgIpc) is 3.06. The predicted octanol–water partition coefficient (Wildman–Crippen LogP) is 3.72. The van der Waals surface area contributed by atoms with E-state index in [-0.39, 0.29) is 5.91 Å². The highest BCUT2D eigenvalue weighted by atomic mass is 16.1. The summed E-state index contributed by atoms with van der Waals surface area (Å²) in [7, 11) is 0. The van der Waals surface area contributed by atoms with E-state index < -0.39 is 0 Å². The van der Waals surface area contributed by atoms with Crippen molar-refractivity contribution in [3.8, 4) is 0 Å². The van der Waals surface area contributed by atoms with Gasteiger partial charge in [-0.25, -0.2) is 0 Å². The molecule has 0 spiro atoms. The fourth-order valence-electron chi connectivity index (χ4n) is 4.89. The molecule has 4 rings (SSSR count). The molecular weight excluding hydrogens is 322 g/mol. The van der Waals surface area contributed by atoms with Gasteiger partial charge in [0.25, 0.3) is 0 Å². The first-order valence-electron chi connectivity index (χ1n) is 10.3. The van der Waals surface area contributed by atoms with Crippen LogP contribution < -0.4 is 5.32 Å². The van der Waals surface area contributed by atoms with E-state index in [4.69, 9.17) is 0 Å². The zero-order valence-corrected chi connectivity index (χ0v) is 15.9. The van der Waals surface area contributed by atoms with Crippen LogP contribution in [0.5, 0.6) is 0 Å². The highest BCUT2D eigenvalue weighted by Crippen LogP contribution is 2.30. The molecule has 140 valence electrons. The second-order valence-electron chi connectivity index (χ2n) is 8.13. The molecule has 1 aromatic heterocycles. The van der Waals surface area contributed by atoms with Crippen molar-refractivity contribution in [3.05, 3.63) is 36.0 Å². The maximum Gasteiger partial charge on any atom is 0.221 e. The van der Waals surface area contributed by atoms with Crippen LogP contribution >= 0.6 is 0 Å². The number of hydrogen-bond donors (Lipinski definition) is 1. The normalized spacial score (nSPS) is 23.7. The number of aromatic nitrogens is 1. The molecule has 0 aliphatic carbocycles. The first-order chi connectivity index (χ1) is 12.7. The van der Waals surface area contributed by atoms with Crippen molar-refractivity contribution in [2.45, 2.75) is 58.0 Å². The first-order valence-corrected chi connectivity index (χ1v) is 10.3. The van der Waals surface area contributed by atoms with Crippen molar-refractivity contribution in [2.24, 2.45) is 5.92 Å². The van der Waals surface area contributed by atoms with Crippen LogP contribution in [0.2, 0.25) is 0 Å². The summed E-state index contributed by atoms with van der Waals surface area (Å²) in [5.41, 5.74) is 2.49. The molecule has 2 aliphatic rings. The van der Waals surface area contributed by atoms with E-state index in [1.54, 1.807) is 0 Å². The smallest absolute Gasteiger partial charge is 0.221 e. The lowest BCUT2D eigenvalue weighted by atomic mass is 9.83. The van der Waals surface area contributed by atoms with Crippen LogP contribution in [0.3, 0.4) is 0 Å². The Hall–Kier alpha value is -1.81. The van der Waals surface area contributed by atoms with E-state index in [0.717, 1.165) is 13.1 Å². The number of hydrogen-bond acceptors (Lipinski definition) is 2. The molecule has 1 aromatic carbocycles. The number of benzene rings is 1. The van der Waals surface area contributed by atoms with Crippen molar-refractivity contribution in [3.63, 3.8) is 0 Å². The van der Waals surface area contributed by atoms with Gasteiger partial charge in [-0.1, -0.05) is 18.1 Å². The third kappa shape index (κ3) is 3.80. The molecule has 1 N–H and O–H groups in total. The number of amides is 1. The number of carbonyl (C=O) groups is 1. The summed E-state index contributed by atoms with van der Waals surface area (Å²) in [6, 6.07) is 9.33. The fourth-order valence-corrected chi connectivity index (χ4v) is 4.89. The molecule has 26 heavy (non-hydrogen) atoms. The van der Waals surface area contributed by atoms with E-state index in [0.29, 0.717) is 18.4 Å². The molecule has 0 radical (unpaired) electrons. The van der Waals surface area contributed by atoms with Gasteiger partial charge in [-0.2, -0.15) is 0 Å². The van der Waals surface area contributed by atoms with Gasteiger partial charge in [-0.15, -0.1) is 0 Å². The van der Waals surface area contributed by atoms with Crippen LogP contribution in [0.15, 0.2) is 30.5 Å². The first kappa shape index (κ1) is 17.6. The van der Waals surface area contributed by atoms with Gasteiger partial charge in [0.15, 0.2) is 0 Å². The summed E-state index contributed by atoms with van der Waals surface area (Å²) >= 11 is 0. The lowest BCUT2D eigenvalue weighted by Gasteiger charge is -2.44. The van der Waals surface area contributed by atoms with Crippen LogP contribution in [0.25, 0.3) is 10.9 Å². The molecule has 2 atom stereocenters. The summed E-state index contributed by atoms with van der Waals surface area (Å²) in [5, 5.41) is 4.48. The second kappa shape index (κ2) is 7.83. The van der Waals surface area contributed by atoms with E-state index >= 15 is 0 Å². The highest BCUT2D eigenvalue weighted by molar-refractivity contribution is 5.81. The summed E-state index contributed by atoms with van der Waals surface area (Å²) in [5.74, 6) is 0.829. The Kier molecular flexibility index (Phi) is 5.30. The summed E-state index contributed by atoms with van der Waals surface area (Å²) < 4.78 is 2.19. The Balaban J connectivity index is 1.28. The van der Waals surface area contributed by atoms with Gasteiger partial charge in [0.05, 0.1) is 0 Å². The van der Waals surface area contributed by atoms with E-state index in [9.17, 15) is 4.79 Å². The molecule has 0 unspecified atom stereocenters. The summed E-state index contributed by atoms with van der Waals surface area (Å²) in [6.45, 7) is 6.23. The second-order valence-corrected chi connectivity index (χ2v) is 8.13. The van der Waals surface area contributed by atoms with E-state index in [1.807, 2.05) is 0 Å². The molecule has 2 saturated heterocycles. The van der Waals surface area contributed by atoms with Crippen molar-refractivity contribution in [1.82, 2.24) is 14.8 Å². The summed E-state index contributed by atoms with van der Waals surface area (Å²) in [6.07, 6.45) is 9.22.